The molecule has 0 bridgehead atoms. The molecule has 14 heteroatoms. The fourth-order valence-corrected chi connectivity index (χ4v) is 5.78. The molecule has 214 valence electrons. The number of hydrogen-bond acceptors (Lipinski definition) is 9. The zero-order chi connectivity index (χ0) is 28.7. The first kappa shape index (κ1) is 29.6. The van der Waals surface area contributed by atoms with Gasteiger partial charge in [-0.05, 0) is 42.0 Å². The van der Waals surface area contributed by atoms with Crippen molar-refractivity contribution in [1.82, 2.24) is 19.7 Å². The lowest BCUT2D eigenvalue weighted by Gasteiger charge is -2.39. The summed E-state index contributed by atoms with van der Waals surface area (Å²) in [6.45, 7) is 0.657. The van der Waals surface area contributed by atoms with E-state index < -0.39 is 33.2 Å². The standard InChI is InChI=1S/C26H31N5O7S2/c1-40(36,37)30-15-13-29(14-16-30)25(26(32)28-33)18-31(39(34)35)22-7-9-23(10-8-22)38-19-20-11-12-27-24(17-20)21-5-3-2-4-6-21/h2-12,17,25,33H,13-16,18-19H2,1H3,(H,28,32)(H,34,35)/p-1/t25-/m0/s1. The average Bonchev–Trinajstić information content (AvgIpc) is 2.97. The zero-order valence-corrected chi connectivity index (χ0v) is 23.4. The summed E-state index contributed by atoms with van der Waals surface area (Å²) in [5, 5.41) is 9.28. The van der Waals surface area contributed by atoms with Crippen LogP contribution in [0.3, 0.4) is 0 Å². The molecule has 40 heavy (non-hydrogen) atoms. The van der Waals surface area contributed by atoms with E-state index in [-0.39, 0.29) is 39.3 Å². The molecule has 2 aromatic carbocycles. The molecule has 0 spiro atoms. The molecule has 3 aromatic rings. The van der Waals surface area contributed by atoms with Crippen molar-refractivity contribution >= 4 is 32.9 Å². The van der Waals surface area contributed by atoms with Crippen LogP contribution in [-0.2, 0) is 32.7 Å². The van der Waals surface area contributed by atoms with Gasteiger partial charge in [-0.1, -0.05) is 30.3 Å². The molecule has 2 atom stereocenters. The summed E-state index contributed by atoms with van der Waals surface area (Å²) in [5.74, 6) is -0.282. The van der Waals surface area contributed by atoms with Crippen LogP contribution in [0.15, 0.2) is 72.9 Å². The van der Waals surface area contributed by atoms with E-state index in [0.717, 1.165) is 27.4 Å². The van der Waals surface area contributed by atoms with E-state index in [1.807, 2.05) is 42.5 Å². The van der Waals surface area contributed by atoms with E-state index in [1.165, 1.54) is 4.31 Å². The Kier molecular flexibility index (Phi) is 9.84. The Morgan fingerprint density at radius 3 is 2.40 bits per heavy atom. The van der Waals surface area contributed by atoms with Crippen LogP contribution in [0.5, 0.6) is 5.75 Å². The SMILES string of the molecule is CS(=O)(=O)N1CCN([C@@H](CN(c2ccc(OCc3ccnc(-c4ccccc4)c3)cc2)S(=O)[O-])C(=O)NO)CC1. The Morgan fingerprint density at radius 2 is 1.80 bits per heavy atom. The molecular formula is C26H30N5O7S2-. The van der Waals surface area contributed by atoms with Crippen LogP contribution >= 0.6 is 0 Å². The first-order chi connectivity index (χ1) is 19.2. The molecule has 1 saturated heterocycles. The van der Waals surface area contributed by atoms with Crippen molar-refractivity contribution < 1.29 is 31.9 Å². The van der Waals surface area contributed by atoms with Crippen molar-refractivity contribution in [1.29, 1.82) is 0 Å². The van der Waals surface area contributed by atoms with E-state index in [4.69, 9.17) is 4.74 Å². The Bertz CT molecular complexity index is 1420. The minimum Gasteiger partial charge on any atom is -0.755 e. The average molecular weight is 589 g/mol. The lowest BCUT2D eigenvalue weighted by Crippen LogP contribution is -2.58. The number of nitrogens with one attached hydrogen (secondary N) is 1. The van der Waals surface area contributed by atoms with Crippen molar-refractivity contribution in [2.24, 2.45) is 0 Å². The topological polar surface area (TPSA) is 155 Å². The van der Waals surface area contributed by atoms with Gasteiger partial charge in [0.2, 0.25) is 10.0 Å². The monoisotopic (exact) mass is 588 g/mol. The number of rotatable bonds is 11. The number of hydroxylamine groups is 1. The van der Waals surface area contributed by atoms with Crippen molar-refractivity contribution in [3.05, 3.63) is 78.5 Å². The molecular weight excluding hydrogens is 558 g/mol. The van der Waals surface area contributed by atoms with Crippen LogP contribution in [0.25, 0.3) is 11.3 Å². The lowest BCUT2D eigenvalue weighted by atomic mass is 10.1. The summed E-state index contributed by atoms with van der Waals surface area (Å²) < 4.78 is 56.1. The molecule has 0 aliphatic carbocycles. The molecule has 0 saturated carbocycles. The number of carbonyl (C=O) groups is 1. The molecule has 1 unspecified atom stereocenters. The first-order valence-electron chi connectivity index (χ1n) is 12.4. The summed E-state index contributed by atoms with van der Waals surface area (Å²) in [5.41, 5.74) is 4.61. The molecule has 4 rings (SSSR count). The number of nitrogens with zero attached hydrogens (tertiary/aromatic N) is 4. The summed E-state index contributed by atoms with van der Waals surface area (Å²) in [6, 6.07) is 18.9. The van der Waals surface area contributed by atoms with Gasteiger partial charge in [-0.3, -0.25) is 24.1 Å². The predicted molar refractivity (Wildman–Crippen MR) is 148 cm³/mol. The molecule has 1 fully saturated rings. The van der Waals surface area contributed by atoms with E-state index in [0.29, 0.717) is 11.4 Å². The van der Waals surface area contributed by atoms with Gasteiger partial charge in [-0.25, -0.2) is 13.9 Å². The molecule has 1 aliphatic heterocycles. The van der Waals surface area contributed by atoms with Crippen LogP contribution in [0.2, 0.25) is 0 Å². The van der Waals surface area contributed by atoms with Gasteiger partial charge in [0.25, 0.3) is 5.91 Å². The van der Waals surface area contributed by atoms with Crippen LogP contribution in [0, 0.1) is 0 Å². The Balaban J connectivity index is 1.42. The number of hydrogen-bond donors (Lipinski definition) is 2. The van der Waals surface area contributed by atoms with Crippen LogP contribution in [0.4, 0.5) is 5.69 Å². The highest BCUT2D eigenvalue weighted by molar-refractivity contribution is 7.88. The van der Waals surface area contributed by atoms with Crippen molar-refractivity contribution in [2.75, 3.05) is 43.3 Å². The maximum atomic E-state index is 12.5. The second-order valence-corrected chi connectivity index (χ2v) is 12.0. The van der Waals surface area contributed by atoms with Crippen molar-refractivity contribution in [3.63, 3.8) is 0 Å². The van der Waals surface area contributed by atoms with Gasteiger partial charge in [0, 0.05) is 54.9 Å². The van der Waals surface area contributed by atoms with Crippen LogP contribution in [-0.4, -0.2) is 87.5 Å². The third-order valence-electron chi connectivity index (χ3n) is 6.54. The molecule has 2 heterocycles. The summed E-state index contributed by atoms with van der Waals surface area (Å²) in [4.78, 5) is 18.5. The third-order valence-corrected chi connectivity index (χ3v) is 8.56. The maximum absolute atomic E-state index is 12.5. The number of carbonyl (C=O) groups excluding carboxylic acids is 1. The van der Waals surface area contributed by atoms with E-state index in [2.05, 4.69) is 4.98 Å². The van der Waals surface area contributed by atoms with Crippen molar-refractivity contribution in [3.8, 4) is 17.0 Å². The predicted octanol–water partition coefficient (Wildman–Crippen LogP) is 1.38. The second kappa shape index (κ2) is 13.3. The maximum Gasteiger partial charge on any atom is 0.262 e. The smallest absolute Gasteiger partial charge is 0.262 e. The molecule has 1 aromatic heterocycles. The van der Waals surface area contributed by atoms with Gasteiger partial charge in [0.1, 0.15) is 18.4 Å². The fraction of sp³-hybridized carbons (Fsp3) is 0.308. The Morgan fingerprint density at radius 1 is 1.12 bits per heavy atom. The fourth-order valence-electron chi connectivity index (χ4n) is 4.40. The van der Waals surface area contributed by atoms with Gasteiger partial charge < -0.3 is 13.6 Å². The quantitative estimate of drug-likeness (QED) is 0.192. The number of amides is 1. The number of pyridine rings is 1. The van der Waals surface area contributed by atoms with E-state index >= 15 is 0 Å². The Labute approximate surface area is 235 Å². The molecule has 2 N–H and O–H groups in total. The highest BCUT2D eigenvalue weighted by Crippen LogP contribution is 2.24. The number of aromatic nitrogens is 1. The third kappa shape index (κ3) is 7.62. The van der Waals surface area contributed by atoms with E-state index in [9.17, 15) is 27.2 Å². The second-order valence-electron chi connectivity index (χ2n) is 9.17. The van der Waals surface area contributed by atoms with E-state index in [1.54, 1.807) is 40.8 Å². The number of anilines is 1. The van der Waals surface area contributed by atoms with Gasteiger partial charge in [-0.2, -0.15) is 4.31 Å². The number of piperazine rings is 1. The normalized spacial score (nSPS) is 16.2. The highest BCUT2D eigenvalue weighted by Gasteiger charge is 2.33. The van der Waals surface area contributed by atoms with Crippen molar-refractivity contribution in [2.45, 2.75) is 12.6 Å². The number of sulfonamides is 1. The molecule has 1 aliphatic rings. The molecule has 1 amide bonds. The van der Waals surface area contributed by atoms with Gasteiger partial charge in [0.15, 0.2) is 0 Å². The minimum absolute atomic E-state index is 0.144. The first-order valence-corrected chi connectivity index (χ1v) is 15.3. The largest absolute Gasteiger partial charge is 0.755 e. The minimum atomic E-state index is -3.39. The summed E-state index contributed by atoms with van der Waals surface area (Å²) in [6.07, 6.45) is 2.82. The van der Waals surface area contributed by atoms with Gasteiger partial charge in [-0.15, -0.1) is 0 Å². The molecule has 0 radical (unpaired) electrons. The summed E-state index contributed by atoms with van der Waals surface area (Å²) >= 11 is -2.74. The van der Waals surface area contributed by atoms with Crippen LogP contribution < -0.4 is 14.5 Å². The Hall–Kier alpha value is -3.40. The van der Waals surface area contributed by atoms with Gasteiger partial charge >= 0.3 is 0 Å². The van der Waals surface area contributed by atoms with Crippen LogP contribution in [0.1, 0.15) is 5.56 Å². The highest BCUT2D eigenvalue weighted by atomic mass is 32.2. The van der Waals surface area contributed by atoms with Gasteiger partial charge in [0.05, 0.1) is 18.5 Å². The number of benzene rings is 2. The lowest BCUT2D eigenvalue weighted by molar-refractivity contribution is -0.134. The zero-order valence-electron chi connectivity index (χ0n) is 21.8. The summed E-state index contributed by atoms with van der Waals surface area (Å²) in [7, 11) is -3.39. The molecule has 12 nitrogen and oxygen atoms in total. The number of ether oxygens (including phenoxy) is 1.